The Morgan fingerprint density at radius 1 is 0.840 bits per heavy atom. The molecule has 0 N–H and O–H groups in total. The number of benzene rings is 2. The van der Waals surface area contributed by atoms with Crippen molar-refractivity contribution in [3.63, 3.8) is 0 Å². The highest BCUT2D eigenvalue weighted by atomic mass is 19.1. The van der Waals surface area contributed by atoms with E-state index in [9.17, 15) is 18.8 Å². The van der Waals surface area contributed by atoms with E-state index in [0.717, 1.165) is 16.0 Å². The summed E-state index contributed by atoms with van der Waals surface area (Å²) in [5.41, 5.74) is 2.25. The maximum atomic E-state index is 13.2. The van der Waals surface area contributed by atoms with Gasteiger partial charge in [-0.2, -0.15) is 0 Å². The van der Waals surface area contributed by atoms with E-state index in [2.05, 4.69) is 0 Å². The fourth-order valence-corrected chi connectivity index (χ4v) is 4.80. The molecule has 124 valence electrons. The van der Waals surface area contributed by atoms with Gasteiger partial charge in [0.05, 0.1) is 23.4 Å². The van der Waals surface area contributed by atoms with Crippen molar-refractivity contribution in [1.29, 1.82) is 0 Å². The van der Waals surface area contributed by atoms with E-state index < -0.39 is 23.6 Å². The smallest absolute Gasteiger partial charge is 0.238 e. The number of carbonyl (C=O) groups is 3. The lowest BCUT2D eigenvalue weighted by molar-refractivity contribution is -0.134. The molecular weight excluding hydrogens is 321 g/mol. The first-order chi connectivity index (χ1) is 12.1. The fraction of sp³-hybridized carbons (Fsp3) is 0.250. The SMILES string of the molecule is O=C1C[C@H]2c3ccccc3[C@H]1[C@H]1C(=O)N(c3ccc(F)cc3)C(=O)[C@H]12. The first kappa shape index (κ1) is 14.5. The number of ketones is 1. The topological polar surface area (TPSA) is 54.5 Å². The molecule has 0 unspecified atom stereocenters. The van der Waals surface area contributed by atoms with E-state index >= 15 is 0 Å². The third kappa shape index (κ3) is 1.78. The van der Waals surface area contributed by atoms with Crippen LogP contribution in [0.2, 0.25) is 0 Å². The molecule has 0 spiro atoms. The fourth-order valence-electron chi connectivity index (χ4n) is 4.80. The molecule has 2 fully saturated rings. The van der Waals surface area contributed by atoms with Crippen LogP contribution < -0.4 is 4.90 Å². The number of imide groups is 1. The second-order valence-corrected chi connectivity index (χ2v) is 6.92. The Hall–Kier alpha value is -2.82. The Kier molecular flexibility index (Phi) is 2.82. The number of anilines is 1. The van der Waals surface area contributed by atoms with Crippen LogP contribution in [-0.4, -0.2) is 17.6 Å². The lowest BCUT2D eigenvalue weighted by atomic mass is 9.56. The van der Waals surface area contributed by atoms with Gasteiger partial charge in [0.25, 0.3) is 0 Å². The third-order valence-electron chi connectivity index (χ3n) is 5.77. The average Bonchev–Trinajstić information content (AvgIpc) is 2.88. The second kappa shape index (κ2) is 4.85. The molecule has 2 bridgehead atoms. The third-order valence-corrected chi connectivity index (χ3v) is 5.77. The summed E-state index contributed by atoms with van der Waals surface area (Å²) in [5, 5.41) is 0. The zero-order chi connectivity index (χ0) is 17.3. The summed E-state index contributed by atoms with van der Waals surface area (Å²) >= 11 is 0. The molecule has 1 saturated heterocycles. The predicted octanol–water partition coefficient (Wildman–Crippen LogP) is 2.79. The lowest BCUT2D eigenvalue weighted by Gasteiger charge is -2.43. The molecule has 0 radical (unpaired) electrons. The molecule has 1 saturated carbocycles. The maximum absolute atomic E-state index is 13.2. The summed E-state index contributed by atoms with van der Waals surface area (Å²) in [4.78, 5) is 39.8. The van der Waals surface area contributed by atoms with Gasteiger partial charge in [0.15, 0.2) is 0 Å². The van der Waals surface area contributed by atoms with Crippen molar-refractivity contribution in [2.75, 3.05) is 4.90 Å². The number of rotatable bonds is 1. The molecule has 3 aliphatic carbocycles. The molecule has 4 aliphatic rings. The molecule has 4 nitrogen and oxygen atoms in total. The highest BCUT2D eigenvalue weighted by molar-refractivity contribution is 6.24. The normalized spacial score (nSPS) is 29.8. The Morgan fingerprint density at radius 3 is 2.20 bits per heavy atom. The minimum atomic E-state index is -0.640. The van der Waals surface area contributed by atoms with Crippen LogP contribution in [0.5, 0.6) is 0 Å². The van der Waals surface area contributed by atoms with Crippen LogP contribution in [0.15, 0.2) is 48.5 Å². The number of halogens is 1. The van der Waals surface area contributed by atoms with Crippen LogP contribution in [0.3, 0.4) is 0 Å². The average molecular weight is 335 g/mol. The van der Waals surface area contributed by atoms with Crippen LogP contribution in [0, 0.1) is 17.7 Å². The summed E-state index contributed by atoms with van der Waals surface area (Å²) in [7, 11) is 0. The zero-order valence-corrected chi connectivity index (χ0v) is 13.2. The van der Waals surface area contributed by atoms with Crippen LogP contribution in [0.25, 0.3) is 0 Å². The first-order valence-corrected chi connectivity index (χ1v) is 8.33. The van der Waals surface area contributed by atoms with E-state index in [1.54, 1.807) is 0 Å². The van der Waals surface area contributed by atoms with E-state index in [4.69, 9.17) is 0 Å². The number of Topliss-reactive ketones (excluding diaryl/α,β-unsaturated/α-hetero) is 1. The van der Waals surface area contributed by atoms with Crippen molar-refractivity contribution in [1.82, 2.24) is 0 Å². The van der Waals surface area contributed by atoms with Crippen LogP contribution >= 0.6 is 0 Å². The molecule has 2 amide bonds. The van der Waals surface area contributed by atoms with Gasteiger partial charge in [-0.3, -0.25) is 19.3 Å². The van der Waals surface area contributed by atoms with Gasteiger partial charge in [-0.15, -0.1) is 0 Å². The van der Waals surface area contributed by atoms with Gasteiger partial charge in [-0.05, 0) is 35.4 Å². The number of fused-ring (bicyclic) bond motifs is 1. The minimum absolute atomic E-state index is 0.0343. The van der Waals surface area contributed by atoms with Crippen molar-refractivity contribution in [2.45, 2.75) is 18.3 Å². The Balaban J connectivity index is 1.65. The first-order valence-electron chi connectivity index (χ1n) is 8.33. The van der Waals surface area contributed by atoms with Gasteiger partial charge in [0.1, 0.15) is 11.6 Å². The molecule has 5 heteroatoms. The van der Waals surface area contributed by atoms with Gasteiger partial charge in [0.2, 0.25) is 11.8 Å². The second-order valence-electron chi connectivity index (χ2n) is 6.92. The summed E-state index contributed by atoms with van der Waals surface area (Å²) in [5.74, 6) is -2.96. The van der Waals surface area contributed by atoms with Crippen LogP contribution in [0.1, 0.15) is 29.4 Å². The molecule has 0 aromatic heterocycles. The zero-order valence-electron chi connectivity index (χ0n) is 13.2. The Labute approximate surface area is 143 Å². The Bertz CT molecular complexity index is 936. The van der Waals surface area contributed by atoms with Gasteiger partial charge in [-0.25, -0.2) is 4.39 Å². The quantitative estimate of drug-likeness (QED) is 0.753. The summed E-state index contributed by atoms with van der Waals surface area (Å²) in [6.07, 6.45) is 0.305. The van der Waals surface area contributed by atoms with Gasteiger partial charge < -0.3 is 0 Å². The maximum Gasteiger partial charge on any atom is 0.238 e. The highest BCUT2D eigenvalue weighted by Gasteiger charge is 2.62. The number of amides is 2. The van der Waals surface area contributed by atoms with E-state index in [1.165, 1.54) is 24.3 Å². The molecular formula is C20H14FNO3. The van der Waals surface area contributed by atoms with Crippen LogP contribution in [-0.2, 0) is 14.4 Å². The number of hydrogen-bond donors (Lipinski definition) is 0. The number of hydrogen-bond acceptors (Lipinski definition) is 3. The van der Waals surface area contributed by atoms with E-state index in [0.29, 0.717) is 12.1 Å². The Morgan fingerprint density at radius 2 is 1.48 bits per heavy atom. The van der Waals surface area contributed by atoms with Gasteiger partial charge >= 0.3 is 0 Å². The van der Waals surface area contributed by atoms with Gasteiger partial charge in [0, 0.05) is 12.3 Å². The van der Waals surface area contributed by atoms with Crippen molar-refractivity contribution in [3.05, 3.63) is 65.5 Å². The summed E-state index contributed by atoms with van der Waals surface area (Å²) in [6, 6.07) is 12.9. The minimum Gasteiger partial charge on any atom is -0.299 e. The largest absolute Gasteiger partial charge is 0.299 e. The van der Waals surface area contributed by atoms with Crippen LogP contribution in [0.4, 0.5) is 10.1 Å². The molecule has 6 rings (SSSR count). The molecule has 1 heterocycles. The number of nitrogens with zero attached hydrogens (tertiary/aromatic N) is 1. The van der Waals surface area contributed by atoms with E-state index in [-0.39, 0.29) is 23.5 Å². The molecule has 25 heavy (non-hydrogen) atoms. The van der Waals surface area contributed by atoms with Crippen molar-refractivity contribution >= 4 is 23.3 Å². The van der Waals surface area contributed by atoms with Gasteiger partial charge in [-0.1, -0.05) is 24.3 Å². The van der Waals surface area contributed by atoms with Crippen molar-refractivity contribution in [2.24, 2.45) is 11.8 Å². The highest BCUT2D eigenvalue weighted by Crippen LogP contribution is 2.57. The molecule has 1 aliphatic heterocycles. The molecule has 2 aromatic carbocycles. The summed E-state index contributed by atoms with van der Waals surface area (Å²) in [6.45, 7) is 0. The number of carbonyl (C=O) groups excluding carboxylic acids is 3. The lowest BCUT2D eigenvalue weighted by Crippen LogP contribution is -2.44. The molecule has 4 atom stereocenters. The molecule has 2 aromatic rings. The monoisotopic (exact) mass is 335 g/mol. The van der Waals surface area contributed by atoms with Crippen molar-refractivity contribution < 1.29 is 18.8 Å². The van der Waals surface area contributed by atoms with E-state index in [1.807, 2.05) is 24.3 Å². The standard InChI is InChI=1S/C20H14FNO3/c21-10-5-7-11(8-6-10)22-19(24)17-14-9-15(23)16(18(17)20(22)25)13-4-2-1-3-12(13)14/h1-8,14,16-18H,9H2/t14-,16+,17-,18+/m0/s1. The predicted molar refractivity (Wildman–Crippen MR) is 87.4 cm³/mol. The van der Waals surface area contributed by atoms with Crippen molar-refractivity contribution in [3.8, 4) is 0 Å². The summed E-state index contributed by atoms with van der Waals surface area (Å²) < 4.78 is 13.2.